The summed E-state index contributed by atoms with van der Waals surface area (Å²) in [6.45, 7) is 7.12. The molecule has 0 radical (unpaired) electrons. The van der Waals surface area contributed by atoms with Crippen LogP contribution in [0.2, 0.25) is 0 Å². The van der Waals surface area contributed by atoms with Crippen molar-refractivity contribution in [1.82, 2.24) is 58.9 Å². The zero-order chi connectivity index (χ0) is 64.0. The summed E-state index contributed by atoms with van der Waals surface area (Å²) in [4.78, 5) is 66.4. The Kier molecular flexibility index (Phi) is 22.0. The summed E-state index contributed by atoms with van der Waals surface area (Å²) >= 11 is 2.52. The fourth-order valence-electron chi connectivity index (χ4n) is 10.0. The lowest BCUT2D eigenvalue weighted by Gasteiger charge is -2.29. The Balaban J connectivity index is 0.000000203. The number of nitriles is 2. The number of imidazole rings is 2. The molecule has 2 aliphatic heterocycles. The van der Waals surface area contributed by atoms with Gasteiger partial charge in [0.05, 0.1) is 38.5 Å². The molecule has 1 amide bonds. The summed E-state index contributed by atoms with van der Waals surface area (Å²) in [5.74, 6) is 0.571. The molecule has 26 heteroatoms. The number of rotatable bonds is 14. The molecule has 0 bridgehead atoms. The van der Waals surface area contributed by atoms with Crippen molar-refractivity contribution in [2.24, 2.45) is 0 Å². The van der Waals surface area contributed by atoms with Gasteiger partial charge in [0.1, 0.15) is 85.9 Å². The van der Waals surface area contributed by atoms with Gasteiger partial charge in [-0.3, -0.25) is 22.8 Å². The number of aliphatic hydroxyl groups excluding tert-OH is 2. The number of aryl methyl sites for hydroxylation is 2. The Labute approximate surface area is 527 Å². The number of nitrogens with one attached hydrogen (secondary N) is 1. The van der Waals surface area contributed by atoms with Crippen LogP contribution in [0, 0.1) is 34.3 Å². The highest BCUT2D eigenvalue weighted by Gasteiger charge is 2.26. The molecule has 0 aliphatic carbocycles. The zero-order valence-electron chi connectivity index (χ0n) is 50.1. The highest BCUT2D eigenvalue weighted by molar-refractivity contribution is 7.17. The van der Waals surface area contributed by atoms with Crippen molar-refractivity contribution in [1.29, 1.82) is 10.5 Å². The molecule has 0 saturated carbocycles. The topological polar surface area (TPSA) is 276 Å². The van der Waals surface area contributed by atoms with Crippen molar-refractivity contribution in [2.75, 3.05) is 57.2 Å². The second kappa shape index (κ2) is 30.6. The van der Waals surface area contributed by atoms with Crippen LogP contribution in [-0.4, -0.2) is 140 Å². The van der Waals surface area contributed by atoms with E-state index in [1.165, 1.54) is 46.9 Å². The number of pyridine rings is 2. The van der Waals surface area contributed by atoms with Crippen molar-refractivity contribution < 1.29 is 39.5 Å². The maximum atomic E-state index is 13.5. The number of carboxylic acids is 1. The Morgan fingerprint density at radius 1 is 0.633 bits per heavy atom. The van der Waals surface area contributed by atoms with Crippen LogP contribution in [0.4, 0.5) is 35.1 Å². The van der Waals surface area contributed by atoms with Crippen molar-refractivity contribution in [3.8, 4) is 56.9 Å². The molecule has 90 heavy (non-hydrogen) atoms. The van der Waals surface area contributed by atoms with Gasteiger partial charge in [-0.05, 0) is 124 Å². The Bertz CT molecular complexity index is 4180. The maximum Gasteiger partial charge on any atom is 0.311 e. The van der Waals surface area contributed by atoms with Crippen LogP contribution in [0.5, 0.6) is 0 Å². The van der Waals surface area contributed by atoms with E-state index >= 15 is 0 Å². The number of fused-ring (bicyclic) bond motifs is 2. The molecule has 2 fully saturated rings. The molecule has 10 heterocycles. The average Bonchev–Trinajstić information content (AvgIpc) is 1.66. The van der Waals surface area contributed by atoms with E-state index in [0.717, 1.165) is 82.5 Å². The molecule has 0 atom stereocenters. The van der Waals surface area contributed by atoms with E-state index in [2.05, 4.69) is 37.4 Å². The first-order valence-corrected chi connectivity index (χ1v) is 30.0. The summed E-state index contributed by atoms with van der Waals surface area (Å²) in [6.07, 6.45) is 14.4. The molecular formula is C64H67F3N16O5S2. The van der Waals surface area contributed by atoms with Crippen molar-refractivity contribution >= 4 is 67.7 Å². The molecule has 10 aromatic rings. The van der Waals surface area contributed by atoms with Crippen molar-refractivity contribution in [3.63, 3.8) is 0 Å². The van der Waals surface area contributed by atoms with Crippen LogP contribution in [-0.2, 0) is 35.3 Å². The number of aromatic nitrogens is 10. The minimum atomic E-state index is -1.00. The Hall–Kier alpha value is -9.57. The standard InChI is InChI=1S/C31H29FN8O2S.C26H20FN7O2S.C5H11NO.CH3F.CH4/c1-3-24-30(38(2)31-37-29(25(15-33)43-31)19-4-7-22(32)8-5-19)40-18-20(6-9-27(40)36-24)21-16-34-26(35-17-21)14-28(42)39-12-10-23(41)11-13-39;1-3-19-25(33(2)26-32-24(20(11-28)37-26)15-4-7-18(27)8-5-15)34-14-16(6-9-22(34)31-19)17-12-29-21(30-13-17)10-23(35)36;7-5-1-3-6-4-2-5;1-2;/h4-9,16-18,23,41H,3,10-14H2,1-2H3;4-9,12-14H,3,10H2,1-2H3,(H,35,36);5-7H,1-4H2;1H3;1H4/i;;;1D;. The van der Waals surface area contributed by atoms with E-state index in [4.69, 9.17) is 31.5 Å². The normalized spacial score (nSPS) is 13.3. The Morgan fingerprint density at radius 2 is 1.02 bits per heavy atom. The molecular weight excluding hydrogens is 1190 g/mol. The molecule has 4 N–H and O–H groups in total. The van der Waals surface area contributed by atoms with Gasteiger partial charge in [0.2, 0.25) is 5.91 Å². The second-order valence-electron chi connectivity index (χ2n) is 20.6. The highest BCUT2D eigenvalue weighted by Crippen LogP contribution is 2.39. The summed E-state index contributed by atoms with van der Waals surface area (Å²) < 4.78 is 46.4. The van der Waals surface area contributed by atoms with Crippen LogP contribution in [0.3, 0.4) is 0 Å². The number of anilines is 4. The molecule has 2 saturated heterocycles. The number of carboxylic acid groups (broad SMARTS) is 1. The lowest BCUT2D eigenvalue weighted by molar-refractivity contribution is -0.136. The van der Waals surface area contributed by atoms with Gasteiger partial charge in [-0.25, -0.2) is 48.7 Å². The number of alkyl halides is 1. The summed E-state index contributed by atoms with van der Waals surface area (Å²) in [6, 6.07) is 24.0. The van der Waals surface area contributed by atoms with Gasteiger partial charge in [0, 0.05) is 97.7 Å². The van der Waals surface area contributed by atoms with Gasteiger partial charge >= 0.3 is 5.97 Å². The first-order chi connectivity index (χ1) is 43.5. The van der Waals surface area contributed by atoms with Crippen molar-refractivity contribution in [3.05, 3.63) is 154 Å². The predicted octanol–water partition coefficient (Wildman–Crippen LogP) is 10.6. The summed E-state index contributed by atoms with van der Waals surface area (Å²) in [7, 11) is 2.76. The van der Waals surface area contributed by atoms with E-state index in [9.17, 15) is 38.4 Å². The number of benzene rings is 2. The van der Waals surface area contributed by atoms with Crippen LogP contribution >= 0.6 is 22.7 Å². The van der Waals surface area contributed by atoms with Gasteiger partial charge in [-0.15, -0.1) is 0 Å². The molecule has 2 aromatic carbocycles. The monoisotopic (exact) mass is 1260 g/mol. The van der Waals surface area contributed by atoms with E-state index in [1.807, 2.05) is 83.2 Å². The number of carbonyl (C=O) groups is 2. The largest absolute Gasteiger partial charge is 0.481 e. The third-order valence-corrected chi connectivity index (χ3v) is 16.8. The number of hydrogen-bond donors (Lipinski definition) is 4. The van der Waals surface area contributed by atoms with Gasteiger partial charge < -0.3 is 35.3 Å². The SMILES string of the molecule is C.CCc1nc2ccc(-c3cnc(CC(=O)N4CCC(O)CC4)nc3)cn2c1N(C)c1nc(-c2ccc(F)cc2)c(C#N)s1.CCc1nc2ccc(-c3cnc(CC(=O)O)nc3)cn2c1N(C)c1nc(-c2ccc(F)cc2)c(C#N)s1.OC1CCNCC1.[2H]CF. The first-order valence-electron chi connectivity index (χ1n) is 29.1. The van der Waals surface area contributed by atoms with Gasteiger partial charge in [-0.2, -0.15) is 10.5 Å². The predicted molar refractivity (Wildman–Crippen MR) is 341 cm³/mol. The summed E-state index contributed by atoms with van der Waals surface area (Å²) in [5.41, 5.74) is 8.78. The van der Waals surface area contributed by atoms with E-state index in [-0.39, 0.29) is 55.8 Å². The maximum absolute atomic E-state index is 13.5. The van der Waals surface area contributed by atoms with Gasteiger partial charge in [0.15, 0.2) is 10.3 Å². The molecule has 12 rings (SSSR count). The Morgan fingerprint density at radius 3 is 1.39 bits per heavy atom. The van der Waals surface area contributed by atoms with Gasteiger partial charge in [0.25, 0.3) is 0 Å². The van der Waals surface area contributed by atoms with Gasteiger partial charge in [-0.1, -0.05) is 43.9 Å². The first kappa shape index (κ1) is 64.9. The molecule has 8 aromatic heterocycles. The van der Waals surface area contributed by atoms with Crippen LogP contribution in [0.25, 0.3) is 56.1 Å². The molecule has 466 valence electrons. The molecule has 21 nitrogen and oxygen atoms in total. The number of halogens is 3. The molecule has 2 aliphatic rings. The summed E-state index contributed by atoms with van der Waals surface area (Å²) in [5, 5.41) is 51.4. The number of carbonyl (C=O) groups excluding carboxylic acids is 1. The molecule has 0 spiro atoms. The third-order valence-electron chi connectivity index (χ3n) is 14.7. The minimum Gasteiger partial charge on any atom is -0.481 e. The van der Waals surface area contributed by atoms with E-state index in [1.54, 1.807) is 54.0 Å². The fourth-order valence-corrected chi connectivity index (χ4v) is 11.7. The smallest absolute Gasteiger partial charge is 0.311 e. The number of thiazole rings is 2. The number of piperidine rings is 2. The number of hydrogen-bond acceptors (Lipinski definition) is 19. The third kappa shape index (κ3) is 15.5. The lowest BCUT2D eigenvalue weighted by atomic mass is 10.1. The van der Waals surface area contributed by atoms with E-state index in [0.29, 0.717) is 87.1 Å². The molecule has 0 unspecified atom stereocenters. The van der Waals surface area contributed by atoms with Crippen LogP contribution in [0.1, 0.15) is 81.1 Å². The number of amides is 1. The average molecular weight is 1260 g/mol. The number of likely N-dealkylation sites (tertiary alicyclic amines) is 1. The second-order valence-corrected chi connectivity index (χ2v) is 22.5. The number of nitrogens with zero attached hydrogens (tertiary/aromatic N) is 15. The highest BCUT2D eigenvalue weighted by atomic mass is 32.1. The van der Waals surface area contributed by atoms with E-state index < -0.39 is 13.1 Å². The zero-order valence-corrected chi connectivity index (χ0v) is 50.7. The number of aliphatic carboxylic acids is 1. The van der Waals surface area contributed by atoms with Crippen LogP contribution in [0.15, 0.2) is 110 Å². The number of aliphatic hydroxyl groups is 2. The minimum absolute atomic E-state index is 0. The van der Waals surface area contributed by atoms with Crippen molar-refractivity contribution in [2.45, 2.75) is 84.8 Å². The lowest BCUT2D eigenvalue weighted by Crippen LogP contribution is -2.41. The quantitative estimate of drug-likeness (QED) is 0.0787. The fraction of sp³-hybridized carbons (Fsp3) is 0.312. The van der Waals surface area contributed by atoms with Crippen LogP contribution < -0.4 is 15.1 Å².